The van der Waals surface area contributed by atoms with Gasteiger partial charge < -0.3 is 9.64 Å². The van der Waals surface area contributed by atoms with Gasteiger partial charge >= 0.3 is 0 Å². The molecule has 26 heavy (non-hydrogen) atoms. The van der Waals surface area contributed by atoms with E-state index in [1.54, 1.807) is 29.2 Å². The van der Waals surface area contributed by atoms with Gasteiger partial charge in [0.2, 0.25) is 10.0 Å². The predicted molar refractivity (Wildman–Crippen MR) is 94.9 cm³/mol. The van der Waals surface area contributed by atoms with E-state index in [0.29, 0.717) is 25.3 Å². The number of halogens is 1. The molecule has 0 unspecified atom stereocenters. The van der Waals surface area contributed by atoms with Crippen LogP contribution in [0.25, 0.3) is 0 Å². The van der Waals surface area contributed by atoms with Gasteiger partial charge in [0, 0.05) is 18.8 Å². The van der Waals surface area contributed by atoms with Gasteiger partial charge in [-0.15, -0.1) is 0 Å². The number of morpholine rings is 1. The van der Waals surface area contributed by atoms with Crippen molar-refractivity contribution in [2.75, 3.05) is 31.2 Å². The molecule has 2 aromatic carbocycles. The van der Waals surface area contributed by atoms with Crippen LogP contribution in [0.2, 0.25) is 0 Å². The fraction of sp³-hybridized carbons (Fsp3) is 0.278. The lowest BCUT2D eigenvalue weighted by Gasteiger charge is -2.26. The zero-order valence-electron chi connectivity index (χ0n) is 14.0. The molecule has 2 aromatic rings. The Morgan fingerprint density at radius 1 is 1.08 bits per heavy atom. The van der Waals surface area contributed by atoms with Crippen LogP contribution < -0.4 is 9.62 Å². The highest BCUT2D eigenvalue weighted by atomic mass is 32.2. The van der Waals surface area contributed by atoms with Gasteiger partial charge in [0.1, 0.15) is 12.4 Å². The summed E-state index contributed by atoms with van der Waals surface area (Å²) in [5, 5.41) is 0. The highest BCUT2D eigenvalue weighted by Crippen LogP contribution is 2.19. The van der Waals surface area contributed by atoms with Crippen molar-refractivity contribution in [3.05, 3.63) is 59.9 Å². The van der Waals surface area contributed by atoms with Crippen LogP contribution in [-0.4, -0.2) is 40.6 Å². The largest absolute Gasteiger partial charge is 0.370 e. The van der Waals surface area contributed by atoms with Gasteiger partial charge in [0.25, 0.3) is 5.91 Å². The molecule has 0 radical (unpaired) electrons. The summed E-state index contributed by atoms with van der Waals surface area (Å²) in [7, 11) is -3.65. The first-order valence-corrected chi connectivity index (χ1v) is 9.66. The van der Waals surface area contributed by atoms with E-state index in [4.69, 9.17) is 4.74 Å². The van der Waals surface area contributed by atoms with Gasteiger partial charge in [-0.1, -0.05) is 12.1 Å². The van der Waals surface area contributed by atoms with Crippen molar-refractivity contribution in [2.45, 2.75) is 11.3 Å². The Bertz CT molecular complexity index is 867. The number of rotatable bonds is 6. The van der Waals surface area contributed by atoms with Crippen molar-refractivity contribution < 1.29 is 22.3 Å². The molecule has 0 aliphatic carbocycles. The van der Waals surface area contributed by atoms with Gasteiger partial charge in [0.05, 0.1) is 11.5 Å². The van der Waals surface area contributed by atoms with Crippen molar-refractivity contribution in [2.24, 2.45) is 0 Å². The monoisotopic (exact) mass is 378 g/mol. The standard InChI is InChI=1S/C18H19FN2O4S/c19-15-3-1-14(2-4-15)9-10-20-26(23,24)17-7-5-16(6-8-17)21-11-12-25-13-18(21)22/h1-8,20H,9-13H2. The van der Waals surface area contributed by atoms with E-state index in [1.807, 2.05) is 0 Å². The third kappa shape index (κ3) is 4.46. The molecule has 1 fully saturated rings. The summed E-state index contributed by atoms with van der Waals surface area (Å²) >= 11 is 0. The molecule has 0 atom stereocenters. The normalized spacial score (nSPS) is 15.3. The van der Waals surface area contributed by atoms with Crippen LogP contribution in [0.4, 0.5) is 10.1 Å². The molecule has 6 nitrogen and oxygen atoms in total. The minimum absolute atomic E-state index is 0.0327. The molecule has 1 aliphatic rings. The minimum atomic E-state index is -3.65. The Kier molecular flexibility index (Phi) is 5.65. The maximum absolute atomic E-state index is 12.9. The number of benzene rings is 2. The molecule has 1 aliphatic heterocycles. The summed E-state index contributed by atoms with van der Waals surface area (Å²) < 4.78 is 45.2. The quantitative estimate of drug-likeness (QED) is 0.830. The Morgan fingerprint density at radius 2 is 1.77 bits per heavy atom. The van der Waals surface area contributed by atoms with Crippen LogP contribution in [0.3, 0.4) is 0 Å². The minimum Gasteiger partial charge on any atom is -0.370 e. The second-order valence-electron chi connectivity index (χ2n) is 5.87. The first-order valence-electron chi connectivity index (χ1n) is 8.18. The second-order valence-corrected chi connectivity index (χ2v) is 7.63. The molecule has 0 spiro atoms. The molecule has 1 saturated heterocycles. The molecule has 8 heteroatoms. The van der Waals surface area contributed by atoms with E-state index in [2.05, 4.69) is 4.72 Å². The second kappa shape index (κ2) is 7.94. The van der Waals surface area contributed by atoms with E-state index in [0.717, 1.165) is 5.56 Å². The van der Waals surface area contributed by atoms with Crippen molar-refractivity contribution in [3.63, 3.8) is 0 Å². The summed E-state index contributed by atoms with van der Waals surface area (Å²) in [4.78, 5) is 13.5. The average Bonchev–Trinajstić information content (AvgIpc) is 2.64. The first-order chi connectivity index (χ1) is 12.5. The van der Waals surface area contributed by atoms with Crippen LogP contribution in [0.1, 0.15) is 5.56 Å². The predicted octanol–water partition coefficient (Wildman–Crippen LogP) is 1.71. The Labute approximate surface area is 151 Å². The molecule has 0 bridgehead atoms. The van der Waals surface area contributed by atoms with Crippen LogP contribution in [0, 0.1) is 5.82 Å². The number of anilines is 1. The number of carbonyl (C=O) groups is 1. The van der Waals surface area contributed by atoms with Crippen molar-refractivity contribution in [1.82, 2.24) is 4.72 Å². The van der Waals surface area contributed by atoms with Crippen LogP contribution in [0.5, 0.6) is 0 Å². The molecular weight excluding hydrogens is 359 g/mol. The lowest BCUT2D eigenvalue weighted by Crippen LogP contribution is -2.41. The number of nitrogens with zero attached hydrogens (tertiary/aromatic N) is 1. The number of amides is 1. The number of ether oxygens (including phenoxy) is 1. The van der Waals surface area contributed by atoms with E-state index >= 15 is 0 Å². The van der Waals surface area contributed by atoms with Crippen LogP contribution in [-0.2, 0) is 26.0 Å². The summed E-state index contributed by atoms with van der Waals surface area (Å²) in [6.45, 7) is 1.14. The SMILES string of the molecule is O=C1COCCN1c1ccc(S(=O)(=O)NCCc2ccc(F)cc2)cc1. The molecule has 138 valence electrons. The third-order valence-electron chi connectivity index (χ3n) is 4.06. The molecule has 3 rings (SSSR count). The molecule has 1 heterocycles. The van der Waals surface area contributed by atoms with E-state index < -0.39 is 10.0 Å². The number of carbonyl (C=O) groups excluding carboxylic acids is 1. The van der Waals surface area contributed by atoms with Gasteiger partial charge in [-0.05, 0) is 48.4 Å². The zero-order chi connectivity index (χ0) is 18.6. The van der Waals surface area contributed by atoms with E-state index in [9.17, 15) is 17.6 Å². The molecular formula is C18H19FN2O4S. The first kappa shape index (κ1) is 18.5. The molecule has 0 saturated carbocycles. The Balaban J connectivity index is 1.61. The van der Waals surface area contributed by atoms with Crippen molar-refractivity contribution >= 4 is 21.6 Å². The van der Waals surface area contributed by atoms with E-state index in [1.165, 1.54) is 24.3 Å². The lowest BCUT2D eigenvalue weighted by molar-refractivity contribution is -0.125. The summed E-state index contributed by atoms with van der Waals surface area (Å²) in [6.07, 6.45) is 0.458. The number of nitrogens with one attached hydrogen (secondary N) is 1. The Hall–Kier alpha value is -2.29. The third-order valence-corrected chi connectivity index (χ3v) is 5.54. The lowest BCUT2D eigenvalue weighted by atomic mass is 10.1. The highest BCUT2D eigenvalue weighted by Gasteiger charge is 2.21. The topological polar surface area (TPSA) is 75.7 Å². The average molecular weight is 378 g/mol. The fourth-order valence-electron chi connectivity index (χ4n) is 2.66. The highest BCUT2D eigenvalue weighted by molar-refractivity contribution is 7.89. The molecule has 1 amide bonds. The summed E-state index contributed by atoms with van der Waals surface area (Å²) in [6, 6.07) is 12.1. The van der Waals surface area contributed by atoms with Gasteiger partial charge in [-0.2, -0.15) is 0 Å². The maximum atomic E-state index is 12.9. The maximum Gasteiger partial charge on any atom is 0.253 e. The number of sulfonamides is 1. The fourth-order valence-corrected chi connectivity index (χ4v) is 3.69. The zero-order valence-corrected chi connectivity index (χ0v) is 14.8. The van der Waals surface area contributed by atoms with Crippen LogP contribution in [0.15, 0.2) is 53.4 Å². The summed E-state index contributed by atoms with van der Waals surface area (Å²) in [5.41, 5.74) is 1.49. The van der Waals surface area contributed by atoms with Gasteiger partial charge in [-0.3, -0.25) is 4.79 Å². The molecule has 0 aromatic heterocycles. The van der Waals surface area contributed by atoms with Gasteiger partial charge in [-0.25, -0.2) is 17.5 Å². The van der Waals surface area contributed by atoms with Crippen molar-refractivity contribution in [3.8, 4) is 0 Å². The summed E-state index contributed by atoms with van der Waals surface area (Å²) in [5.74, 6) is -0.475. The van der Waals surface area contributed by atoms with Gasteiger partial charge in [0.15, 0.2) is 0 Å². The molecule has 1 N–H and O–H groups in total. The number of hydrogen-bond donors (Lipinski definition) is 1. The van der Waals surface area contributed by atoms with Crippen molar-refractivity contribution in [1.29, 1.82) is 0 Å². The Morgan fingerprint density at radius 3 is 2.42 bits per heavy atom. The smallest absolute Gasteiger partial charge is 0.253 e. The number of hydrogen-bond acceptors (Lipinski definition) is 4. The van der Waals surface area contributed by atoms with E-state index in [-0.39, 0.29) is 29.8 Å². The van der Waals surface area contributed by atoms with Crippen LogP contribution >= 0.6 is 0 Å².